The fraction of sp³-hybridized carbons (Fsp3) is 0.364. The Balaban J connectivity index is 2.92. The van der Waals surface area contributed by atoms with Gasteiger partial charge in [-0.2, -0.15) is 0 Å². The summed E-state index contributed by atoms with van der Waals surface area (Å²) in [5, 5.41) is 0. The molecule has 0 saturated heterocycles. The van der Waals surface area contributed by atoms with Crippen LogP contribution in [0.4, 0.5) is 5.69 Å². The lowest BCUT2D eigenvalue weighted by Crippen LogP contribution is -2.05. The summed E-state index contributed by atoms with van der Waals surface area (Å²) < 4.78 is 4.91. The van der Waals surface area contributed by atoms with Crippen molar-refractivity contribution in [3.05, 3.63) is 23.8 Å². The van der Waals surface area contributed by atoms with Gasteiger partial charge in [-0.05, 0) is 30.9 Å². The van der Waals surface area contributed by atoms with Gasteiger partial charge in [0.15, 0.2) is 0 Å². The highest BCUT2D eigenvalue weighted by Gasteiger charge is 2.08. The second-order valence-electron chi connectivity index (χ2n) is 2.94. The van der Waals surface area contributed by atoms with Crippen molar-refractivity contribution in [2.75, 3.05) is 18.1 Å². The molecule has 0 radical (unpaired) electrons. The van der Waals surface area contributed by atoms with Crippen LogP contribution in [-0.2, 0) is 4.74 Å². The molecule has 0 bridgehead atoms. The largest absolute Gasteiger partial charge is 0.462 e. The first-order chi connectivity index (χ1) is 7.17. The number of anilines is 1. The van der Waals surface area contributed by atoms with Gasteiger partial charge in [0.2, 0.25) is 0 Å². The molecule has 1 aromatic carbocycles. The van der Waals surface area contributed by atoms with E-state index in [1.165, 1.54) is 0 Å². The molecule has 2 N–H and O–H groups in total. The summed E-state index contributed by atoms with van der Waals surface area (Å²) in [7, 11) is 0. The number of ether oxygens (including phenoxy) is 1. The van der Waals surface area contributed by atoms with Crippen LogP contribution in [0.1, 0.15) is 24.2 Å². The number of hydrogen-bond acceptors (Lipinski definition) is 4. The summed E-state index contributed by atoms with van der Waals surface area (Å²) in [5.41, 5.74) is 6.82. The lowest BCUT2D eigenvalue weighted by atomic mass is 10.2. The Bertz CT molecular complexity index is 352. The van der Waals surface area contributed by atoms with Gasteiger partial charge < -0.3 is 10.5 Å². The first-order valence-electron chi connectivity index (χ1n) is 4.87. The maximum Gasteiger partial charge on any atom is 0.338 e. The normalized spacial score (nSPS) is 10.0. The molecule has 82 valence electrons. The predicted molar refractivity (Wildman–Crippen MR) is 63.2 cm³/mol. The van der Waals surface area contributed by atoms with Gasteiger partial charge in [0.1, 0.15) is 0 Å². The van der Waals surface area contributed by atoms with Gasteiger partial charge in [0.25, 0.3) is 0 Å². The van der Waals surface area contributed by atoms with Gasteiger partial charge in [-0.25, -0.2) is 4.79 Å². The SMILES string of the molecule is CCOC(=O)c1cc(N)cc(SCC)c1. The van der Waals surface area contributed by atoms with Crippen molar-refractivity contribution in [1.82, 2.24) is 0 Å². The van der Waals surface area contributed by atoms with E-state index in [1.807, 2.05) is 12.1 Å². The van der Waals surface area contributed by atoms with E-state index in [2.05, 4.69) is 6.92 Å². The molecule has 0 saturated carbocycles. The van der Waals surface area contributed by atoms with Crippen LogP contribution < -0.4 is 5.73 Å². The van der Waals surface area contributed by atoms with Crippen LogP contribution in [-0.4, -0.2) is 18.3 Å². The molecule has 0 atom stereocenters. The number of benzene rings is 1. The van der Waals surface area contributed by atoms with Crippen molar-refractivity contribution in [2.45, 2.75) is 18.7 Å². The summed E-state index contributed by atoms with van der Waals surface area (Å²) in [6.45, 7) is 4.22. The molecule has 1 rings (SSSR count). The standard InChI is InChI=1S/C11H15NO2S/c1-3-14-11(13)8-5-9(12)7-10(6-8)15-4-2/h5-7H,3-4,12H2,1-2H3. The fourth-order valence-electron chi connectivity index (χ4n) is 1.20. The van der Waals surface area contributed by atoms with Crippen molar-refractivity contribution in [1.29, 1.82) is 0 Å². The van der Waals surface area contributed by atoms with E-state index in [0.29, 0.717) is 17.9 Å². The lowest BCUT2D eigenvalue weighted by molar-refractivity contribution is 0.0526. The van der Waals surface area contributed by atoms with Gasteiger partial charge in [0.05, 0.1) is 12.2 Å². The van der Waals surface area contributed by atoms with Crippen LogP contribution in [0.5, 0.6) is 0 Å². The highest BCUT2D eigenvalue weighted by molar-refractivity contribution is 7.99. The molecule has 1 aromatic rings. The lowest BCUT2D eigenvalue weighted by Gasteiger charge is -2.05. The van der Waals surface area contributed by atoms with Gasteiger partial charge in [-0.3, -0.25) is 0 Å². The van der Waals surface area contributed by atoms with Crippen molar-refractivity contribution in [3.8, 4) is 0 Å². The van der Waals surface area contributed by atoms with Crippen LogP contribution in [0.25, 0.3) is 0 Å². The van der Waals surface area contributed by atoms with E-state index in [0.717, 1.165) is 10.6 Å². The van der Waals surface area contributed by atoms with Crippen molar-refractivity contribution < 1.29 is 9.53 Å². The van der Waals surface area contributed by atoms with Crippen molar-refractivity contribution in [3.63, 3.8) is 0 Å². The zero-order chi connectivity index (χ0) is 11.3. The monoisotopic (exact) mass is 225 g/mol. The third-order valence-electron chi connectivity index (χ3n) is 1.75. The first-order valence-corrected chi connectivity index (χ1v) is 5.86. The van der Waals surface area contributed by atoms with Crippen LogP contribution in [0, 0.1) is 0 Å². The maximum absolute atomic E-state index is 11.5. The minimum atomic E-state index is -0.317. The highest BCUT2D eigenvalue weighted by atomic mass is 32.2. The van der Waals surface area contributed by atoms with Gasteiger partial charge in [0, 0.05) is 10.6 Å². The fourth-order valence-corrected chi connectivity index (χ4v) is 1.97. The van der Waals surface area contributed by atoms with Gasteiger partial charge >= 0.3 is 5.97 Å². The molecular formula is C11H15NO2S. The van der Waals surface area contributed by atoms with Crippen LogP contribution in [0.15, 0.2) is 23.1 Å². The third kappa shape index (κ3) is 3.47. The predicted octanol–water partition coefficient (Wildman–Crippen LogP) is 2.56. The molecule has 3 nitrogen and oxygen atoms in total. The zero-order valence-corrected chi connectivity index (χ0v) is 9.76. The molecule has 0 aliphatic rings. The second-order valence-corrected chi connectivity index (χ2v) is 4.28. The number of rotatable bonds is 4. The number of esters is 1. The van der Waals surface area contributed by atoms with Crippen LogP contribution in [0.2, 0.25) is 0 Å². The number of nitrogen functional groups attached to an aromatic ring is 1. The molecule has 0 fully saturated rings. The molecule has 4 heteroatoms. The van der Waals surface area contributed by atoms with Crippen molar-refractivity contribution >= 4 is 23.4 Å². The van der Waals surface area contributed by atoms with E-state index in [9.17, 15) is 4.79 Å². The minimum absolute atomic E-state index is 0.317. The summed E-state index contributed by atoms with van der Waals surface area (Å²) in [5.74, 6) is 0.633. The Morgan fingerprint density at radius 2 is 2.13 bits per heavy atom. The van der Waals surface area contributed by atoms with E-state index in [1.54, 1.807) is 24.8 Å². The first kappa shape index (κ1) is 11.9. The Morgan fingerprint density at radius 1 is 1.40 bits per heavy atom. The van der Waals surface area contributed by atoms with Crippen LogP contribution in [0.3, 0.4) is 0 Å². The number of nitrogens with two attached hydrogens (primary N) is 1. The molecule has 0 heterocycles. The summed E-state index contributed by atoms with van der Waals surface area (Å²) >= 11 is 1.65. The van der Waals surface area contributed by atoms with Crippen molar-refractivity contribution in [2.24, 2.45) is 0 Å². The Hall–Kier alpha value is -1.16. The average Bonchev–Trinajstić information content (AvgIpc) is 2.17. The third-order valence-corrected chi connectivity index (χ3v) is 2.61. The van der Waals surface area contributed by atoms with Gasteiger partial charge in [-0.1, -0.05) is 6.92 Å². The molecule has 0 aliphatic carbocycles. The molecule has 0 amide bonds. The highest BCUT2D eigenvalue weighted by Crippen LogP contribution is 2.22. The Kier molecular flexibility index (Phi) is 4.49. The topological polar surface area (TPSA) is 52.3 Å². The maximum atomic E-state index is 11.5. The Labute approximate surface area is 94.0 Å². The smallest absolute Gasteiger partial charge is 0.338 e. The zero-order valence-electron chi connectivity index (χ0n) is 8.95. The van der Waals surface area contributed by atoms with Crippen LogP contribution >= 0.6 is 11.8 Å². The van der Waals surface area contributed by atoms with Gasteiger partial charge in [-0.15, -0.1) is 11.8 Å². The van der Waals surface area contributed by atoms with E-state index < -0.39 is 0 Å². The molecule has 0 unspecified atom stereocenters. The minimum Gasteiger partial charge on any atom is -0.462 e. The number of hydrogen-bond donors (Lipinski definition) is 1. The Morgan fingerprint density at radius 3 is 2.73 bits per heavy atom. The molecule has 15 heavy (non-hydrogen) atoms. The summed E-state index contributed by atoms with van der Waals surface area (Å²) in [6, 6.07) is 5.30. The number of thioether (sulfide) groups is 1. The second kappa shape index (κ2) is 5.66. The van der Waals surface area contributed by atoms with E-state index >= 15 is 0 Å². The quantitative estimate of drug-likeness (QED) is 0.486. The number of carbonyl (C=O) groups excluding carboxylic acids is 1. The van der Waals surface area contributed by atoms with E-state index in [-0.39, 0.29) is 5.97 Å². The molecule has 0 aliphatic heterocycles. The van der Waals surface area contributed by atoms with E-state index in [4.69, 9.17) is 10.5 Å². The molecular weight excluding hydrogens is 210 g/mol. The number of carbonyl (C=O) groups is 1. The molecule has 0 aromatic heterocycles. The summed E-state index contributed by atoms with van der Waals surface area (Å²) in [6.07, 6.45) is 0. The molecule has 0 spiro atoms. The average molecular weight is 225 g/mol. The summed E-state index contributed by atoms with van der Waals surface area (Å²) in [4.78, 5) is 12.5.